The Labute approximate surface area is 624 Å². The zero-order valence-electron chi connectivity index (χ0n) is 63.7. The third kappa shape index (κ3) is 77.6. The predicted octanol–water partition coefficient (Wildman–Crippen LogP) is 23.0. The summed E-state index contributed by atoms with van der Waals surface area (Å²) in [7, 11) is -9.83. The van der Waals surface area contributed by atoms with E-state index in [1.165, 1.54) is 77.0 Å². The number of carbonyl (C=O) groups excluding carboxylic acids is 3. The van der Waals surface area contributed by atoms with E-state index in [1.807, 2.05) is 12.2 Å². The fraction of sp³-hybridized carbons (Fsp3) is 0.612. The van der Waals surface area contributed by atoms with Gasteiger partial charge in [0.15, 0.2) is 6.10 Å². The highest BCUT2D eigenvalue weighted by Gasteiger charge is 2.29. The van der Waals surface area contributed by atoms with Crippen molar-refractivity contribution in [3.05, 3.63) is 182 Å². The second-order valence-corrected chi connectivity index (χ2v) is 28.3. The second-order valence-electron chi connectivity index (χ2n) is 25.4. The molecule has 0 aliphatic rings. The molecule has 0 bridgehead atoms. The van der Waals surface area contributed by atoms with Crippen molar-refractivity contribution in [2.24, 2.45) is 0 Å². The molecule has 0 heterocycles. The van der Waals surface area contributed by atoms with Gasteiger partial charge < -0.3 is 34.2 Å². The van der Waals surface area contributed by atoms with Crippen molar-refractivity contribution in [2.45, 2.75) is 296 Å². The van der Waals surface area contributed by atoms with Gasteiger partial charge in [0.05, 0.1) is 26.4 Å². The topological polar surface area (TPSA) is 231 Å². The van der Waals surface area contributed by atoms with Gasteiger partial charge in [0, 0.05) is 19.3 Å². The van der Waals surface area contributed by atoms with E-state index in [1.54, 1.807) is 0 Å². The van der Waals surface area contributed by atoms with Gasteiger partial charge in [-0.1, -0.05) is 293 Å². The molecule has 0 aromatic rings. The molecule has 0 aromatic carbocycles. The minimum absolute atomic E-state index is 0.0119. The summed E-state index contributed by atoms with van der Waals surface area (Å²) in [5, 5.41) is 20.6. The number of hydrogen-bond donors (Lipinski definition) is 4. The third-order valence-corrected chi connectivity index (χ3v) is 17.5. The standard InChI is InChI=1S/C85H138O16P2/c1-4-7-10-13-16-19-22-25-28-31-33-34-35-36-37-38-39-40-41-42-43-44-46-49-50-53-56-59-62-65-68-71-83(88)95-74-80(86)75-97-102(91,92)98-76-81(87)77-99-103(93,94)100-79-82(101-85(90)73-70-67-64-61-58-55-52-47-30-27-24-21-18-15-12-9-6-3)78-96-84(89)72-69-66-63-60-57-54-51-48-45-32-29-26-23-20-17-14-11-8-5-2/h7-12,16-21,25-30,33-34,36-37,45,48,52,54-55,57,61,64,80-82,86-87H,4-6,13-15,22-24,31-32,35,38-44,46-47,49-51,53,56,58-60,62-63,65-79H2,1-3H3,(H,91,92)(H,93,94)/b10-7-,11-8-,12-9-,19-16-,20-17-,21-18-,28-25-,29-26-,30-27-,34-33-,37-36-,48-45-,55-52-,57-54-,64-61-. The molecule has 5 atom stereocenters. The SMILES string of the molecule is CC/C=C\C/C=C\C/C=C\C/C=C\C/C=C\CCCCCCCCCCCCCCCCCC(=O)OCC(O)COP(=O)(O)OCC(O)COP(=O)(O)OCC(COC(=O)CCCCC/C=C\C/C=C\C/C=C\C/C=C\C/C=C\CC)OC(=O)CCC/C=C\C/C=C\C/C=C\C/C=C\C/C=C\CC. The van der Waals surface area contributed by atoms with Gasteiger partial charge in [-0.15, -0.1) is 0 Å². The van der Waals surface area contributed by atoms with E-state index in [-0.39, 0.29) is 19.3 Å². The Kier molecular flexibility index (Phi) is 72.3. The van der Waals surface area contributed by atoms with Crippen molar-refractivity contribution >= 4 is 33.6 Å². The molecule has 0 saturated heterocycles. The van der Waals surface area contributed by atoms with E-state index in [9.17, 15) is 43.5 Å². The first-order valence-electron chi connectivity index (χ1n) is 39.1. The summed E-state index contributed by atoms with van der Waals surface area (Å²) in [6.07, 6.45) is 98.2. The Morgan fingerprint density at radius 2 is 0.495 bits per heavy atom. The molecular weight excluding hydrogens is 1340 g/mol. The minimum atomic E-state index is -4.96. The average molecular weight is 1480 g/mol. The van der Waals surface area contributed by atoms with Crippen LogP contribution in [-0.2, 0) is 55.8 Å². The largest absolute Gasteiger partial charge is 0.472 e. The van der Waals surface area contributed by atoms with Crippen LogP contribution in [0.3, 0.4) is 0 Å². The van der Waals surface area contributed by atoms with Gasteiger partial charge in [-0.2, -0.15) is 0 Å². The Morgan fingerprint density at radius 3 is 0.806 bits per heavy atom. The maximum absolute atomic E-state index is 12.9. The van der Waals surface area contributed by atoms with Crippen LogP contribution in [0.25, 0.3) is 0 Å². The van der Waals surface area contributed by atoms with E-state index in [2.05, 4.69) is 191 Å². The second kappa shape index (κ2) is 76.3. The first-order valence-corrected chi connectivity index (χ1v) is 42.1. The number of esters is 3. The van der Waals surface area contributed by atoms with Crippen LogP contribution in [0, 0.1) is 0 Å². The smallest absolute Gasteiger partial charge is 0.463 e. The first kappa shape index (κ1) is 97.7. The molecule has 4 N–H and O–H groups in total. The summed E-state index contributed by atoms with van der Waals surface area (Å²) < 4.78 is 61.0. The van der Waals surface area contributed by atoms with Gasteiger partial charge in [-0.25, -0.2) is 9.13 Å². The van der Waals surface area contributed by atoms with E-state index in [4.69, 9.17) is 32.3 Å². The number of ether oxygens (including phenoxy) is 3. The summed E-state index contributed by atoms with van der Waals surface area (Å²) in [6, 6.07) is 0. The Hall–Kier alpha value is -5.35. The van der Waals surface area contributed by atoms with Gasteiger partial charge in [0.25, 0.3) is 0 Å². The molecule has 0 rings (SSSR count). The molecule has 0 saturated carbocycles. The molecule has 0 radical (unpaired) electrons. The summed E-state index contributed by atoms with van der Waals surface area (Å²) in [6.45, 7) is 2.21. The highest BCUT2D eigenvalue weighted by molar-refractivity contribution is 7.47. The summed E-state index contributed by atoms with van der Waals surface area (Å²) >= 11 is 0. The number of phosphoric acid groups is 2. The number of aliphatic hydroxyl groups is 2. The van der Waals surface area contributed by atoms with E-state index in [0.717, 1.165) is 135 Å². The van der Waals surface area contributed by atoms with Crippen LogP contribution < -0.4 is 0 Å². The fourth-order valence-corrected chi connectivity index (χ4v) is 11.4. The zero-order valence-corrected chi connectivity index (χ0v) is 65.5. The summed E-state index contributed by atoms with van der Waals surface area (Å²) in [5.74, 6) is -1.69. The van der Waals surface area contributed by atoms with Crippen LogP contribution in [0.15, 0.2) is 182 Å². The molecule has 0 amide bonds. The van der Waals surface area contributed by atoms with Gasteiger partial charge in [0.2, 0.25) is 0 Å². The predicted molar refractivity (Wildman–Crippen MR) is 426 cm³/mol. The highest BCUT2D eigenvalue weighted by atomic mass is 31.2. The Bertz CT molecular complexity index is 2600. The fourth-order valence-electron chi connectivity index (χ4n) is 9.78. The molecular formula is C85H138O16P2. The first-order chi connectivity index (χ1) is 50.2. The maximum atomic E-state index is 12.9. The Morgan fingerprint density at radius 1 is 0.272 bits per heavy atom. The van der Waals surface area contributed by atoms with Gasteiger partial charge in [-0.05, 0) is 148 Å². The number of phosphoric ester groups is 2. The van der Waals surface area contributed by atoms with Crippen LogP contribution in [0.1, 0.15) is 278 Å². The van der Waals surface area contributed by atoms with Crippen molar-refractivity contribution in [1.29, 1.82) is 0 Å². The lowest BCUT2D eigenvalue weighted by molar-refractivity contribution is -0.161. The molecule has 0 fully saturated rings. The van der Waals surface area contributed by atoms with Crippen molar-refractivity contribution < 1.29 is 75.8 Å². The molecule has 0 aromatic heterocycles. The van der Waals surface area contributed by atoms with E-state index < -0.39 is 91.5 Å². The molecule has 0 aliphatic carbocycles. The highest BCUT2D eigenvalue weighted by Crippen LogP contribution is 2.45. The van der Waals surface area contributed by atoms with Crippen LogP contribution in [0.4, 0.5) is 0 Å². The molecule has 5 unspecified atom stereocenters. The van der Waals surface area contributed by atoms with Crippen molar-refractivity contribution in [3.8, 4) is 0 Å². The summed E-state index contributed by atoms with van der Waals surface area (Å²) in [4.78, 5) is 58.6. The van der Waals surface area contributed by atoms with Crippen LogP contribution in [-0.4, -0.2) is 95.9 Å². The van der Waals surface area contributed by atoms with Gasteiger partial charge >= 0.3 is 33.6 Å². The molecule has 16 nitrogen and oxygen atoms in total. The molecule has 0 spiro atoms. The van der Waals surface area contributed by atoms with Crippen molar-refractivity contribution in [1.82, 2.24) is 0 Å². The lowest BCUT2D eigenvalue weighted by Crippen LogP contribution is -2.30. The van der Waals surface area contributed by atoms with E-state index >= 15 is 0 Å². The van der Waals surface area contributed by atoms with Crippen LogP contribution >= 0.6 is 15.6 Å². The Balaban J connectivity index is 4.58. The summed E-state index contributed by atoms with van der Waals surface area (Å²) in [5.41, 5.74) is 0. The zero-order chi connectivity index (χ0) is 75.2. The monoisotopic (exact) mass is 1480 g/mol. The quantitative estimate of drug-likeness (QED) is 0.0146. The molecule has 0 aliphatic heterocycles. The lowest BCUT2D eigenvalue weighted by atomic mass is 10.0. The molecule has 584 valence electrons. The van der Waals surface area contributed by atoms with Crippen molar-refractivity contribution in [3.63, 3.8) is 0 Å². The van der Waals surface area contributed by atoms with Crippen molar-refractivity contribution in [2.75, 3.05) is 39.6 Å². The minimum Gasteiger partial charge on any atom is -0.463 e. The number of carbonyl (C=O) groups is 3. The number of allylic oxidation sites excluding steroid dienone is 30. The normalized spacial score (nSPS) is 15.0. The number of unbranched alkanes of at least 4 members (excludes halogenated alkanes) is 19. The van der Waals surface area contributed by atoms with E-state index in [0.29, 0.717) is 25.7 Å². The van der Waals surface area contributed by atoms with Gasteiger partial charge in [0.1, 0.15) is 25.4 Å². The molecule has 103 heavy (non-hydrogen) atoms. The third-order valence-electron chi connectivity index (χ3n) is 15.6. The van der Waals surface area contributed by atoms with Crippen LogP contribution in [0.5, 0.6) is 0 Å². The lowest BCUT2D eigenvalue weighted by Gasteiger charge is -2.21. The number of rotatable bonds is 72. The van der Waals surface area contributed by atoms with Crippen LogP contribution in [0.2, 0.25) is 0 Å². The average Bonchev–Trinajstić information content (AvgIpc) is 0.915. The number of hydrogen-bond acceptors (Lipinski definition) is 14. The molecule has 18 heteroatoms. The number of aliphatic hydroxyl groups excluding tert-OH is 2. The maximum Gasteiger partial charge on any atom is 0.472 e. The van der Waals surface area contributed by atoms with Gasteiger partial charge in [-0.3, -0.25) is 32.5 Å².